The van der Waals surface area contributed by atoms with Crippen molar-refractivity contribution in [1.29, 1.82) is 0 Å². The number of carbonyl (C=O) groups is 1. The molecule has 0 spiro atoms. The molecule has 0 radical (unpaired) electrons. The van der Waals surface area contributed by atoms with Gasteiger partial charge in [-0.3, -0.25) is 14.7 Å². The van der Waals surface area contributed by atoms with Crippen molar-refractivity contribution >= 4 is 17.5 Å². The van der Waals surface area contributed by atoms with Gasteiger partial charge in [-0.2, -0.15) is 0 Å². The highest BCUT2D eigenvalue weighted by Gasteiger charge is 2.17. The number of rotatable bonds is 4. The Morgan fingerprint density at radius 1 is 1.47 bits per heavy atom. The molecule has 4 nitrogen and oxygen atoms in total. The van der Waals surface area contributed by atoms with E-state index in [4.69, 9.17) is 11.6 Å². The van der Waals surface area contributed by atoms with Crippen LogP contribution in [0, 0.1) is 0 Å². The van der Waals surface area contributed by atoms with Crippen LogP contribution in [-0.2, 0) is 0 Å². The molecule has 1 unspecified atom stereocenters. The molecule has 1 aliphatic rings. The van der Waals surface area contributed by atoms with Crippen molar-refractivity contribution in [2.24, 2.45) is 0 Å². The Hall–Kier alpha value is -1.13. The second-order valence-corrected chi connectivity index (χ2v) is 5.45. The molecule has 104 valence electrons. The summed E-state index contributed by atoms with van der Waals surface area (Å²) in [6, 6.07) is 3.61. The lowest BCUT2D eigenvalue weighted by molar-refractivity contribution is 0.0925. The molecule has 19 heavy (non-hydrogen) atoms. The average Bonchev–Trinajstić information content (AvgIpc) is 2.45. The number of pyridine rings is 1. The lowest BCUT2D eigenvalue weighted by Crippen LogP contribution is -2.44. The van der Waals surface area contributed by atoms with Gasteiger partial charge in [0.2, 0.25) is 0 Å². The molecule has 1 saturated heterocycles. The van der Waals surface area contributed by atoms with Crippen LogP contribution in [0.3, 0.4) is 0 Å². The van der Waals surface area contributed by atoms with Gasteiger partial charge >= 0.3 is 0 Å². The van der Waals surface area contributed by atoms with Crippen LogP contribution < -0.4 is 5.32 Å². The first-order valence-electron chi connectivity index (χ1n) is 6.80. The molecule has 0 saturated carbocycles. The highest BCUT2D eigenvalue weighted by atomic mass is 35.5. The van der Waals surface area contributed by atoms with Crippen molar-refractivity contribution in [3.05, 3.63) is 29.0 Å². The topological polar surface area (TPSA) is 45.2 Å². The standard InChI is InChI=1S/C14H20ClN3O/c1-11(18-7-3-2-4-8-18)10-17-14(19)13-9-12(15)5-6-16-13/h5-6,9,11H,2-4,7-8,10H2,1H3,(H,17,19). The molecule has 1 aliphatic heterocycles. The summed E-state index contributed by atoms with van der Waals surface area (Å²) in [4.78, 5) is 18.4. The number of nitrogens with one attached hydrogen (secondary N) is 1. The summed E-state index contributed by atoms with van der Waals surface area (Å²) in [5.74, 6) is -0.161. The van der Waals surface area contributed by atoms with Crippen LogP contribution in [0.4, 0.5) is 0 Å². The van der Waals surface area contributed by atoms with Gasteiger partial charge in [-0.05, 0) is 45.0 Å². The maximum atomic E-state index is 11.9. The van der Waals surface area contributed by atoms with Gasteiger partial charge < -0.3 is 5.32 Å². The number of aromatic nitrogens is 1. The third-order valence-electron chi connectivity index (χ3n) is 3.53. The molecular formula is C14H20ClN3O. The van der Waals surface area contributed by atoms with Crippen LogP contribution in [0.5, 0.6) is 0 Å². The fourth-order valence-corrected chi connectivity index (χ4v) is 2.51. The molecule has 0 bridgehead atoms. The number of nitrogens with zero attached hydrogens (tertiary/aromatic N) is 2. The van der Waals surface area contributed by atoms with E-state index in [1.807, 2.05) is 0 Å². The molecule has 1 aromatic heterocycles. The number of likely N-dealkylation sites (tertiary alicyclic amines) is 1. The quantitative estimate of drug-likeness (QED) is 0.921. The van der Waals surface area contributed by atoms with E-state index in [1.54, 1.807) is 18.3 Å². The Balaban J connectivity index is 1.82. The minimum atomic E-state index is -0.161. The summed E-state index contributed by atoms with van der Waals surface area (Å²) in [5, 5.41) is 3.45. The summed E-state index contributed by atoms with van der Waals surface area (Å²) in [6.07, 6.45) is 5.38. The van der Waals surface area contributed by atoms with Crippen molar-refractivity contribution < 1.29 is 4.79 Å². The molecule has 2 heterocycles. The number of piperidine rings is 1. The fourth-order valence-electron chi connectivity index (χ4n) is 2.35. The summed E-state index contributed by atoms with van der Waals surface area (Å²) in [6.45, 7) is 5.06. The summed E-state index contributed by atoms with van der Waals surface area (Å²) in [7, 11) is 0. The number of halogens is 1. The van der Waals surface area contributed by atoms with E-state index in [1.165, 1.54) is 19.3 Å². The maximum Gasteiger partial charge on any atom is 0.269 e. The van der Waals surface area contributed by atoms with E-state index < -0.39 is 0 Å². The Kier molecular flexibility index (Phi) is 5.16. The lowest BCUT2D eigenvalue weighted by Gasteiger charge is -2.32. The molecule has 1 N–H and O–H groups in total. The van der Waals surface area contributed by atoms with Gasteiger partial charge in [-0.1, -0.05) is 18.0 Å². The molecule has 0 aromatic carbocycles. The third-order valence-corrected chi connectivity index (χ3v) is 3.76. The van der Waals surface area contributed by atoms with Crippen molar-refractivity contribution in [3.63, 3.8) is 0 Å². The summed E-state index contributed by atoms with van der Waals surface area (Å²) in [5.41, 5.74) is 0.373. The third kappa shape index (κ3) is 4.18. The van der Waals surface area contributed by atoms with Crippen LogP contribution >= 0.6 is 11.6 Å². The first kappa shape index (κ1) is 14.3. The van der Waals surface area contributed by atoms with E-state index in [0.717, 1.165) is 13.1 Å². The highest BCUT2D eigenvalue weighted by Crippen LogP contribution is 2.12. The predicted molar refractivity (Wildman–Crippen MR) is 76.5 cm³/mol. The molecule has 1 amide bonds. The molecule has 5 heteroatoms. The number of carbonyl (C=O) groups excluding carboxylic acids is 1. The van der Waals surface area contributed by atoms with Crippen LogP contribution in [-0.4, -0.2) is 41.5 Å². The number of hydrogen-bond donors (Lipinski definition) is 1. The van der Waals surface area contributed by atoms with E-state index in [9.17, 15) is 4.79 Å². The van der Waals surface area contributed by atoms with Crippen LogP contribution in [0.2, 0.25) is 5.02 Å². The van der Waals surface area contributed by atoms with E-state index in [2.05, 4.69) is 22.1 Å². The van der Waals surface area contributed by atoms with Gasteiger partial charge in [-0.25, -0.2) is 0 Å². The minimum absolute atomic E-state index is 0.161. The zero-order valence-electron chi connectivity index (χ0n) is 11.2. The van der Waals surface area contributed by atoms with E-state index in [-0.39, 0.29) is 5.91 Å². The van der Waals surface area contributed by atoms with E-state index in [0.29, 0.717) is 23.3 Å². The number of amides is 1. The van der Waals surface area contributed by atoms with Crippen LogP contribution in [0.25, 0.3) is 0 Å². The van der Waals surface area contributed by atoms with E-state index >= 15 is 0 Å². The van der Waals surface area contributed by atoms with Crippen LogP contribution in [0.15, 0.2) is 18.3 Å². The lowest BCUT2D eigenvalue weighted by atomic mass is 10.1. The van der Waals surface area contributed by atoms with Gasteiger partial charge in [0, 0.05) is 23.8 Å². The SMILES string of the molecule is CC(CNC(=O)c1cc(Cl)ccn1)N1CCCCC1. The van der Waals surface area contributed by atoms with Crippen LogP contribution in [0.1, 0.15) is 36.7 Å². The molecule has 2 rings (SSSR count). The summed E-state index contributed by atoms with van der Waals surface area (Å²) >= 11 is 5.85. The van der Waals surface area contributed by atoms with Crippen molar-refractivity contribution in [2.75, 3.05) is 19.6 Å². The largest absolute Gasteiger partial charge is 0.349 e. The second kappa shape index (κ2) is 6.87. The molecular weight excluding hydrogens is 262 g/mol. The van der Waals surface area contributed by atoms with Crippen molar-refractivity contribution in [2.45, 2.75) is 32.2 Å². The molecule has 0 aliphatic carbocycles. The van der Waals surface area contributed by atoms with Crippen molar-refractivity contribution in [1.82, 2.24) is 15.2 Å². The average molecular weight is 282 g/mol. The molecule has 1 fully saturated rings. The van der Waals surface area contributed by atoms with Gasteiger partial charge in [0.05, 0.1) is 0 Å². The van der Waals surface area contributed by atoms with Gasteiger partial charge in [-0.15, -0.1) is 0 Å². The monoisotopic (exact) mass is 281 g/mol. The zero-order valence-corrected chi connectivity index (χ0v) is 12.0. The minimum Gasteiger partial charge on any atom is -0.349 e. The summed E-state index contributed by atoms with van der Waals surface area (Å²) < 4.78 is 0. The number of hydrogen-bond acceptors (Lipinski definition) is 3. The Labute approximate surface area is 119 Å². The Bertz CT molecular complexity index is 432. The van der Waals surface area contributed by atoms with Gasteiger partial charge in [0.25, 0.3) is 5.91 Å². The van der Waals surface area contributed by atoms with Gasteiger partial charge in [0.15, 0.2) is 0 Å². The highest BCUT2D eigenvalue weighted by molar-refractivity contribution is 6.30. The predicted octanol–water partition coefficient (Wildman–Crippen LogP) is 2.34. The first-order chi connectivity index (χ1) is 9.16. The second-order valence-electron chi connectivity index (χ2n) is 5.01. The molecule has 1 aromatic rings. The first-order valence-corrected chi connectivity index (χ1v) is 7.18. The normalized spacial score (nSPS) is 18.0. The van der Waals surface area contributed by atoms with Gasteiger partial charge in [0.1, 0.15) is 5.69 Å². The Morgan fingerprint density at radius 3 is 2.89 bits per heavy atom. The zero-order chi connectivity index (χ0) is 13.7. The Morgan fingerprint density at radius 2 is 2.21 bits per heavy atom. The smallest absolute Gasteiger partial charge is 0.269 e. The maximum absolute atomic E-state index is 11.9. The molecule has 1 atom stereocenters. The fraction of sp³-hybridized carbons (Fsp3) is 0.571. The van der Waals surface area contributed by atoms with Crippen molar-refractivity contribution in [3.8, 4) is 0 Å².